The van der Waals surface area contributed by atoms with E-state index in [-0.39, 0.29) is 11.1 Å². The third-order valence-electron chi connectivity index (χ3n) is 8.98. The van der Waals surface area contributed by atoms with E-state index >= 15 is 8.78 Å². The number of benzene rings is 2. The maximum Gasteiger partial charge on any atom is 0.335 e. The van der Waals surface area contributed by atoms with Crippen LogP contribution in [0.2, 0.25) is 0 Å². The second-order valence-corrected chi connectivity index (χ2v) is 11.6. The Morgan fingerprint density at radius 2 is 1.74 bits per heavy atom. The number of hydrogen-bond donors (Lipinski definition) is 1. The highest BCUT2D eigenvalue weighted by atomic mass is 19.3. The lowest BCUT2D eigenvalue weighted by Gasteiger charge is -2.43. The number of allylic oxidation sites excluding steroid dienone is 1. The summed E-state index contributed by atoms with van der Waals surface area (Å²) in [5.41, 5.74) is 5.84. The van der Waals surface area contributed by atoms with Crippen molar-refractivity contribution in [2.75, 3.05) is 26.3 Å². The quantitative estimate of drug-likeness (QED) is 0.383. The number of carbonyl (C=O) groups is 1. The predicted molar refractivity (Wildman–Crippen MR) is 144 cm³/mol. The average molecular weight is 526 g/mol. The van der Waals surface area contributed by atoms with E-state index in [0.717, 1.165) is 60.3 Å². The Bertz CT molecular complexity index is 1180. The van der Waals surface area contributed by atoms with Crippen LogP contribution >= 0.6 is 0 Å². The van der Waals surface area contributed by atoms with Gasteiger partial charge in [-0.3, -0.25) is 4.39 Å². The molecule has 2 aromatic carbocycles. The number of fused-ring (bicyclic) bond motifs is 1. The number of carboxylic acid groups (broad SMARTS) is 1. The van der Waals surface area contributed by atoms with Crippen LogP contribution < -0.4 is 0 Å². The Morgan fingerprint density at radius 1 is 1.03 bits per heavy atom. The zero-order valence-electron chi connectivity index (χ0n) is 22.2. The molecule has 1 heterocycles. The summed E-state index contributed by atoms with van der Waals surface area (Å²) in [5.74, 6) is -3.42. The van der Waals surface area contributed by atoms with Gasteiger partial charge in [0.1, 0.15) is 0 Å². The number of carboxylic acids is 1. The summed E-state index contributed by atoms with van der Waals surface area (Å²) in [7, 11) is 0. The van der Waals surface area contributed by atoms with Crippen molar-refractivity contribution in [2.24, 2.45) is 17.8 Å². The minimum absolute atomic E-state index is 0.0279. The maximum absolute atomic E-state index is 15.3. The van der Waals surface area contributed by atoms with Crippen molar-refractivity contribution >= 4 is 11.5 Å². The van der Waals surface area contributed by atoms with Gasteiger partial charge in [-0.15, -0.1) is 0 Å². The SMILES string of the molecule is C[C@H]1CC[C@H](C2=C(c3ccc(C(F)(F)C4CN(CCCF)C4)cc3)c3ccc(C(=O)O)cc3CCC2)CC1. The standard InChI is InChI=1S/C32H38F3NO2/c1-21-6-8-22(9-7-21)28-5-2-4-24-18-25(31(37)38)12-15-29(24)30(28)23-10-13-26(14-11-23)32(34,35)27-19-36(20-27)17-3-16-33/h10-15,18,21-22,27H,2-9,16-17,19-20H2,1H3,(H,37,38)/t21-,22-. The second kappa shape index (κ2) is 11.3. The van der Waals surface area contributed by atoms with Crippen LogP contribution in [0.3, 0.4) is 0 Å². The number of aryl methyl sites for hydroxylation is 1. The highest BCUT2D eigenvalue weighted by molar-refractivity contribution is 5.90. The maximum atomic E-state index is 15.3. The molecule has 2 aromatic rings. The smallest absolute Gasteiger partial charge is 0.335 e. The fourth-order valence-corrected chi connectivity index (χ4v) is 6.66. The van der Waals surface area contributed by atoms with E-state index in [1.807, 2.05) is 23.1 Å². The van der Waals surface area contributed by atoms with Gasteiger partial charge in [0.15, 0.2) is 0 Å². The van der Waals surface area contributed by atoms with Gasteiger partial charge >= 0.3 is 5.97 Å². The molecule has 1 saturated heterocycles. The Kier molecular flexibility index (Phi) is 7.99. The highest BCUT2D eigenvalue weighted by Gasteiger charge is 2.47. The number of rotatable bonds is 8. The average Bonchev–Trinajstić information content (AvgIpc) is 3.07. The van der Waals surface area contributed by atoms with Gasteiger partial charge in [0, 0.05) is 25.2 Å². The molecule has 6 heteroatoms. The molecule has 0 aromatic heterocycles. The number of hydrogen-bond acceptors (Lipinski definition) is 2. The molecule has 1 N–H and O–H groups in total. The first kappa shape index (κ1) is 27.0. The highest BCUT2D eigenvalue weighted by Crippen LogP contribution is 2.45. The van der Waals surface area contributed by atoms with Crippen molar-refractivity contribution in [1.82, 2.24) is 4.90 Å². The minimum atomic E-state index is -2.93. The zero-order valence-corrected chi connectivity index (χ0v) is 22.2. The van der Waals surface area contributed by atoms with Crippen LogP contribution in [0.4, 0.5) is 13.2 Å². The fraction of sp³-hybridized carbons (Fsp3) is 0.531. The lowest BCUT2D eigenvalue weighted by molar-refractivity contribution is -0.124. The van der Waals surface area contributed by atoms with Crippen LogP contribution in [0.25, 0.3) is 5.57 Å². The van der Waals surface area contributed by atoms with Crippen molar-refractivity contribution < 1.29 is 23.1 Å². The first-order valence-electron chi connectivity index (χ1n) is 14.1. The third kappa shape index (κ3) is 5.42. The van der Waals surface area contributed by atoms with Crippen molar-refractivity contribution in [2.45, 2.75) is 64.2 Å². The molecule has 0 radical (unpaired) electrons. The number of likely N-dealkylation sites (tertiary alicyclic amines) is 1. The number of alkyl halides is 3. The first-order valence-corrected chi connectivity index (χ1v) is 14.1. The summed E-state index contributed by atoms with van der Waals surface area (Å²) in [6, 6.07) is 12.2. The predicted octanol–water partition coefficient (Wildman–Crippen LogP) is 7.73. The van der Waals surface area contributed by atoms with Crippen molar-refractivity contribution in [3.8, 4) is 0 Å². The lowest BCUT2D eigenvalue weighted by atomic mass is 9.75. The van der Waals surface area contributed by atoms with Crippen LogP contribution in [0.15, 0.2) is 48.0 Å². The molecule has 5 rings (SSSR count). The molecule has 0 bridgehead atoms. The van der Waals surface area contributed by atoms with Crippen LogP contribution in [0.1, 0.15) is 84.5 Å². The minimum Gasteiger partial charge on any atom is -0.478 e. The number of nitrogens with zero attached hydrogens (tertiary/aromatic N) is 1. The van der Waals surface area contributed by atoms with Crippen molar-refractivity contribution in [1.29, 1.82) is 0 Å². The van der Waals surface area contributed by atoms with Crippen LogP contribution in [0, 0.1) is 17.8 Å². The van der Waals surface area contributed by atoms with E-state index in [1.54, 1.807) is 24.3 Å². The van der Waals surface area contributed by atoms with Crippen LogP contribution in [-0.4, -0.2) is 42.3 Å². The van der Waals surface area contributed by atoms with Gasteiger partial charge in [-0.1, -0.05) is 55.7 Å². The Labute approximate surface area is 223 Å². The lowest BCUT2D eigenvalue weighted by Crippen LogP contribution is -2.53. The Balaban J connectivity index is 1.48. The molecule has 204 valence electrons. The van der Waals surface area contributed by atoms with Crippen LogP contribution in [-0.2, 0) is 12.3 Å². The molecule has 0 unspecified atom stereocenters. The van der Waals surface area contributed by atoms with E-state index in [9.17, 15) is 14.3 Å². The zero-order chi connectivity index (χ0) is 26.9. The summed E-state index contributed by atoms with van der Waals surface area (Å²) in [6.45, 7) is 3.01. The van der Waals surface area contributed by atoms with Gasteiger partial charge in [-0.25, -0.2) is 13.6 Å². The van der Waals surface area contributed by atoms with Crippen molar-refractivity contribution in [3.05, 3.63) is 75.9 Å². The molecule has 3 nitrogen and oxygen atoms in total. The summed E-state index contributed by atoms with van der Waals surface area (Å²) >= 11 is 0. The molecule has 0 spiro atoms. The molecule has 1 saturated carbocycles. The topological polar surface area (TPSA) is 40.5 Å². The first-order chi connectivity index (χ1) is 18.3. The number of halogens is 3. The normalized spacial score (nSPS) is 23.1. The van der Waals surface area contributed by atoms with Gasteiger partial charge < -0.3 is 10.0 Å². The van der Waals surface area contributed by atoms with Gasteiger partial charge in [-0.2, -0.15) is 0 Å². The summed E-state index contributed by atoms with van der Waals surface area (Å²) in [5, 5.41) is 9.55. The Morgan fingerprint density at radius 3 is 2.39 bits per heavy atom. The van der Waals surface area contributed by atoms with Crippen molar-refractivity contribution in [3.63, 3.8) is 0 Å². The van der Waals surface area contributed by atoms with Crippen LogP contribution in [0.5, 0.6) is 0 Å². The molecule has 2 aliphatic carbocycles. The molecule has 1 aliphatic heterocycles. The van der Waals surface area contributed by atoms with Gasteiger partial charge in [0.25, 0.3) is 5.92 Å². The second-order valence-electron chi connectivity index (χ2n) is 11.6. The molecule has 0 amide bonds. The summed E-state index contributed by atoms with van der Waals surface area (Å²) in [6.07, 6.45) is 7.77. The monoisotopic (exact) mass is 525 g/mol. The van der Waals surface area contributed by atoms with E-state index in [0.29, 0.717) is 32.0 Å². The Hall–Kier alpha value is -2.60. The van der Waals surface area contributed by atoms with E-state index in [1.165, 1.54) is 18.4 Å². The third-order valence-corrected chi connectivity index (χ3v) is 8.98. The fourth-order valence-electron chi connectivity index (χ4n) is 6.66. The van der Waals surface area contributed by atoms with E-state index < -0.39 is 24.5 Å². The molecular formula is C32H38F3NO2. The molecule has 3 aliphatic rings. The molecule has 2 fully saturated rings. The van der Waals surface area contributed by atoms with Gasteiger partial charge in [0.2, 0.25) is 0 Å². The van der Waals surface area contributed by atoms with Gasteiger partial charge in [0.05, 0.1) is 18.2 Å². The largest absolute Gasteiger partial charge is 0.478 e. The molecular weight excluding hydrogens is 487 g/mol. The molecule has 0 atom stereocenters. The molecule has 38 heavy (non-hydrogen) atoms. The van der Waals surface area contributed by atoms with E-state index in [4.69, 9.17) is 0 Å². The summed E-state index contributed by atoms with van der Waals surface area (Å²) in [4.78, 5) is 13.5. The number of aromatic carboxylic acids is 1. The van der Waals surface area contributed by atoms with Gasteiger partial charge in [-0.05, 0) is 84.8 Å². The van der Waals surface area contributed by atoms with E-state index in [2.05, 4.69) is 6.92 Å². The summed E-state index contributed by atoms with van der Waals surface area (Å²) < 4.78 is 43.1.